The SMILES string of the molecule is Cc1cnn(CC(=O)N2CC(N)C2)c1. The Balaban J connectivity index is 1.89. The third kappa shape index (κ3) is 1.77. The molecule has 0 spiro atoms. The number of aromatic nitrogens is 2. The summed E-state index contributed by atoms with van der Waals surface area (Å²) in [7, 11) is 0. The number of hydrogen-bond donors (Lipinski definition) is 1. The van der Waals surface area contributed by atoms with Crippen LogP contribution in [0.4, 0.5) is 0 Å². The van der Waals surface area contributed by atoms with Crippen LogP contribution in [-0.4, -0.2) is 39.7 Å². The molecular weight excluding hydrogens is 180 g/mol. The van der Waals surface area contributed by atoms with E-state index in [-0.39, 0.29) is 11.9 Å². The van der Waals surface area contributed by atoms with Gasteiger partial charge in [0.15, 0.2) is 0 Å². The number of carbonyl (C=O) groups excluding carboxylic acids is 1. The molecule has 1 amide bonds. The van der Waals surface area contributed by atoms with Gasteiger partial charge in [0.2, 0.25) is 5.91 Å². The minimum absolute atomic E-state index is 0.0924. The van der Waals surface area contributed by atoms with Crippen LogP contribution in [0, 0.1) is 6.92 Å². The fraction of sp³-hybridized carbons (Fsp3) is 0.556. The maximum Gasteiger partial charge on any atom is 0.244 e. The molecule has 0 atom stereocenters. The topological polar surface area (TPSA) is 64.2 Å². The fourth-order valence-corrected chi connectivity index (χ4v) is 1.51. The monoisotopic (exact) mass is 194 g/mol. The van der Waals surface area contributed by atoms with Crippen molar-refractivity contribution in [3.63, 3.8) is 0 Å². The van der Waals surface area contributed by atoms with E-state index in [1.165, 1.54) is 0 Å². The van der Waals surface area contributed by atoms with Crippen LogP contribution in [0.3, 0.4) is 0 Å². The number of nitrogens with two attached hydrogens (primary N) is 1. The molecule has 1 aliphatic heterocycles. The van der Waals surface area contributed by atoms with E-state index >= 15 is 0 Å². The van der Waals surface area contributed by atoms with Crippen molar-refractivity contribution in [3.05, 3.63) is 18.0 Å². The molecule has 1 saturated heterocycles. The average Bonchev–Trinajstić information content (AvgIpc) is 2.45. The van der Waals surface area contributed by atoms with E-state index in [0.29, 0.717) is 19.6 Å². The van der Waals surface area contributed by atoms with Gasteiger partial charge in [-0.15, -0.1) is 0 Å². The molecule has 2 N–H and O–H groups in total. The average molecular weight is 194 g/mol. The minimum Gasteiger partial charge on any atom is -0.338 e. The normalized spacial score (nSPS) is 16.9. The van der Waals surface area contributed by atoms with E-state index in [9.17, 15) is 4.79 Å². The smallest absolute Gasteiger partial charge is 0.244 e. The van der Waals surface area contributed by atoms with Crippen molar-refractivity contribution < 1.29 is 4.79 Å². The van der Waals surface area contributed by atoms with Crippen LogP contribution >= 0.6 is 0 Å². The predicted molar refractivity (Wildman–Crippen MR) is 51.5 cm³/mol. The maximum atomic E-state index is 11.6. The summed E-state index contributed by atoms with van der Waals surface area (Å²) in [5.41, 5.74) is 6.66. The summed E-state index contributed by atoms with van der Waals surface area (Å²) < 4.78 is 1.65. The molecule has 1 aromatic heterocycles. The summed E-state index contributed by atoms with van der Waals surface area (Å²) in [6.45, 7) is 3.63. The summed E-state index contributed by atoms with van der Waals surface area (Å²) in [6.07, 6.45) is 3.60. The molecule has 1 aliphatic rings. The summed E-state index contributed by atoms with van der Waals surface area (Å²) in [5, 5.41) is 4.05. The van der Waals surface area contributed by atoms with E-state index < -0.39 is 0 Å². The molecule has 14 heavy (non-hydrogen) atoms. The fourth-order valence-electron chi connectivity index (χ4n) is 1.51. The molecule has 1 fully saturated rings. The van der Waals surface area contributed by atoms with Gasteiger partial charge >= 0.3 is 0 Å². The first-order valence-electron chi connectivity index (χ1n) is 4.67. The van der Waals surface area contributed by atoms with Gasteiger partial charge in [-0.3, -0.25) is 9.48 Å². The summed E-state index contributed by atoms with van der Waals surface area (Å²) in [4.78, 5) is 13.3. The van der Waals surface area contributed by atoms with E-state index in [2.05, 4.69) is 5.10 Å². The van der Waals surface area contributed by atoms with Crippen molar-refractivity contribution in [1.29, 1.82) is 0 Å². The number of likely N-dealkylation sites (tertiary alicyclic amines) is 1. The molecule has 2 rings (SSSR count). The molecule has 0 unspecified atom stereocenters. The van der Waals surface area contributed by atoms with Gasteiger partial charge in [0.1, 0.15) is 6.54 Å². The first-order chi connectivity index (χ1) is 6.65. The van der Waals surface area contributed by atoms with Crippen molar-refractivity contribution in [3.8, 4) is 0 Å². The third-order valence-corrected chi connectivity index (χ3v) is 2.32. The molecule has 0 radical (unpaired) electrons. The van der Waals surface area contributed by atoms with Crippen molar-refractivity contribution >= 4 is 5.91 Å². The van der Waals surface area contributed by atoms with Crippen molar-refractivity contribution in [2.24, 2.45) is 5.73 Å². The Hall–Kier alpha value is -1.36. The standard InChI is InChI=1S/C9H14N4O/c1-7-2-11-13(3-7)6-9(14)12-4-8(10)5-12/h2-3,8H,4-6,10H2,1H3. The van der Waals surface area contributed by atoms with Crippen LogP contribution in [0.1, 0.15) is 5.56 Å². The molecule has 2 heterocycles. The molecular formula is C9H14N4O. The summed E-state index contributed by atoms with van der Waals surface area (Å²) in [6, 6.07) is 0.165. The van der Waals surface area contributed by atoms with Crippen molar-refractivity contribution in [2.45, 2.75) is 19.5 Å². The van der Waals surface area contributed by atoms with Gasteiger partial charge < -0.3 is 10.6 Å². The van der Waals surface area contributed by atoms with Crippen LogP contribution in [0.5, 0.6) is 0 Å². The second-order valence-electron chi connectivity index (χ2n) is 3.77. The highest BCUT2D eigenvalue weighted by molar-refractivity contribution is 5.76. The molecule has 0 bridgehead atoms. The quantitative estimate of drug-likeness (QED) is 0.681. The van der Waals surface area contributed by atoms with Gasteiger partial charge in [-0.1, -0.05) is 0 Å². The summed E-state index contributed by atoms with van der Waals surface area (Å²) in [5.74, 6) is 0.0924. The molecule has 0 aromatic carbocycles. The molecule has 76 valence electrons. The van der Waals surface area contributed by atoms with Crippen molar-refractivity contribution in [1.82, 2.24) is 14.7 Å². The van der Waals surface area contributed by atoms with Gasteiger partial charge in [0.25, 0.3) is 0 Å². The lowest BCUT2D eigenvalue weighted by Crippen LogP contribution is -2.58. The lowest BCUT2D eigenvalue weighted by atomic mass is 10.1. The van der Waals surface area contributed by atoms with E-state index in [0.717, 1.165) is 5.56 Å². The number of aryl methyl sites for hydroxylation is 1. The number of rotatable bonds is 2. The van der Waals surface area contributed by atoms with Crippen molar-refractivity contribution in [2.75, 3.05) is 13.1 Å². The van der Waals surface area contributed by atoms with Gasteiger partial charge in [-0.25, -0.2) is 0 Å². The second kappa shape index (κ2) is 3.42. The molecule has 5 nitrogen and oxygen atoms in total. The molecule has 0 saturated carbocycles. The minimum atomic E-state index is 0.0924. The number of hydrogen-bond acceptors (Lipinski definition) is 3. The zero-order valence-corrected chi connectivity index (χ0v) is 8.18. The van der Waals surface area contributed by atoms with E-state index in [1.807, 2.05) is 13.1 Å². The lowest BCUT2D eigenvalue weighted by molar-refractivity contribution is -0.136. The first kappa shape index (κ1) is 9.21. The third-order valence-electron chi connectivity index (χ3n) is 2.32. The van der Waals surface area contributed by atoms with Crippen LogP contribution in [-0.2, 0) is 11.3 Å². The maximum absolute atomic E-state index is 11.6. The van der Waals surface area contributed by atoms with Gasteiger partial charge in [0.05, 0.1) is 6.20 Å². The van der Waals surface area contributed by atoms with Crippen LogP contribution in [0.2, 0.25) is 0 Å². The zero-order valence-electron chi connectivity index (χ0n) is 8.18. The number of carbonyl (C=O) groups is 1. The van der Waals surface area contributed by atoms with Gasteiger partial charge in [-0.05, 0) is 12.5 Å². The highest BCUT2D eigenvalue weighted by Gasteiger charge is 2.27. The highest BCUT2D eigenvalue weighted by atomic mass is 16.2. The highest BCUT2D eigenvalue weighted by Crippen LogP contribution is 2.06. The van der Waals surface area contributed by atoms with Gasteiger partial charge in [-0.2, -0.15) is 5.10 Å². The Bertz CT molecular complexity index is 340. The lowest BCUT2D eigenvalue weighted by Gasteiger charge is -2.36. The van der Waals surface area contributed by atoms with Gasteiger partial charge in [0, 0.05) is 25.3 Å². The Morgan fingerprint density at radius 3 is 2.93 bits per heavy atom. The summed E-state index contributed by atoms with van der Waals surface area (Å²) >= 11 is 0. The predicted octanol–water partition coefficient (Wildman–Crippen LogP) is -0.639. The molecule has 1 aromatic rings. The Morgan fingerprint density at radius 2 is 2.43 bits per heavy atom. The van der Waals surface area contributed by atoms with E-state index in [4.69, 9.17) is 5.73 Å². The van der Waals surface area contributed by atoms with E-state index in [1.54, 1.807) is 15.8 Å². The van der Waals surface area contributed by atoms with Crippen LogP contribution in [0.15, 0.2) is 12.4 Å². The zero-order chi connectivity index (χ0) is 10.1. The Morgan fingerprint density at radius 1 is 1.71 bits per heavy atom. The molecule has 5 heteroatoms. The number of nitrogens with zero attached hydrogens (tertiary/aromatic N) is 3. The van der Waals surface area contributed by atoms with Crippen LogP contribution < -0.4 is 5.73 Å². The molecule has 0 aliphatic carbocycles. The Kier molecular flexibility index (Phi) is 2.25. The Labute approximate surface area is 82.5 Å². The first-order valence-corrected chi connectivity index (χ1v) is 4.67. The second-order valence-corrected chi connectivity index (χ2v) is 3.77. The largest absolute Gasteiger partial charge is 0.338 e. The number of amides is 1. The van der Waals surface area contributed by atoms with Crippen LogP contribution in [0.25, 0.3) is 0 Å².